The molecule has 1 aromatic heterocycles. The van der Waals surface area contributed by atoms with Gasteiger partial charge in [-0.2, -0.15) is 0 Å². The number of rotatable bonds is 8. The van der Waals surface area contributed by atoms with Crippen molar-refractivity contribution < 1.29 is 19.0 Å². The van der Waals surface area contributed by atoms with Gasteiger partial charge in [0.25, 0.3) is 0 Å². The zero-order valence-electron chi connectivity index (χ0n) is 18.2. The molecule has 0 saturated carbocycles. The predicted molar refractivity (Wildman–Crippen MR) is 118 cm³/mol. The molecule has 1 atom stereocenters. The first kappa shape index (κ1) is 21.8. The molecule has 2 aliphatic heterocycles. The van der Waals surface area contributed by atoms with Gasteiger partial charge >= 0.3 is 0 Å². The van der Waals surface area contributed by atoms with Crippen molar-refractivity contribution in [2.24, 2.45) is 5.92 Å². The summed E-state index contributed by atoms with van der Waals surface area (Å²) in [6, 6.07) is 5.69. The number of carbonyl (C=O) groups is 1. The third kappa shape index (κ3) is 5.24. The van der Waals surface area contributed by atoms with Gasteiger partial charge in [0.05, 0.1) is 18.5 Å². The van der Waals surface area contributed by atoms with Crippen LogP contribution in [0, 0.1) is 5.92 Å². The molecule has 168 valence electrons. The number of amides is 1. The summed E-state index contributed by atoms with van der Waals surface area (Å²) in [5, 5.41) is 12.3. The van der Waals surface area contributed by atoms with E-state index in [1.807, 2.05) is 25.1 Å². The maximum absolute atomic E-state index is 12.7. The van der Waals surface area contributed by atoms with Gasteiger partial charge in [-0.15, -0.1) is 10.2 Å². The average molecular weight is 448 g/mol. The molecule has 1 aromatic carbocycles. The van der Waals surface area contributed by atoms with Crippen LogP contribution in [-0.2, 0) is 22.6 Å². The number of nitrogens with zero attached hydrogens (tertiary/aromatic N) is 4. The van der Waals surface area contributed by atoms with Crippen LogP contribution < -0.4 is 19.7 Å². The number of thioether (sulfide) groups is 1. The molecular weight excluding hydrogens is 418 g/mol. The quantitative estimate of drug-likeness (QED) is 0.617. The van der Waals surface area contributed by atoms with E-state index >= 15 is 0 Å². The molecule has 0 aliphatic carbocycles. The molecule has 0 bridgehead atoms. The zero-order chi connectivity index (χ0) is 21.8. The predicted octanol–water partition coefficient (Wildman–Crippen LogP) is 2.30. The minimum atomic E-state index is -0.304. The molecule has 1 fully saturated rings. The van der Waals surface area contributed by atoms with Crippen molar-refractivity contribution in [1.82, 2.24) is 20.1 Å². The molecule has 2 aromatic rings. The Hall–Kier alpha value is -2.46. The molecule has 1 unspecified atom stereocenters. The first-order valence-electron chi connectivity index (χ1n) is 10.6. The van der Waals surface area contributed by atoms with Gasteiger partial charge in [-0.3, -0.25) is 9.36 Å². The first-order chi connectivity index (χ1) is 15.0. The molecule has 1 N–H and O–H groups in total. The highest BCUT2D eigenvalue weighted by Gasteiger charge is 2.24. The minimum Gasteiger partial charge on any atom is -0.454 e. The number of aromatic nitrogens is 3. The average Bonchev–Trinajstić information content (AvgIpc) is 3.39. The molecule has 1 amide bonds. The zero-order valence-corrected chi connectivity index (χ0v) is 19.0. The van der Waals surface area contributed by atoms with Crippen molar-refractivity contribution in [2.75, 3.05) is 38.0 Å². The fourth-order valence-corrected chi connectivity index (χ4v) is 4.36. The van der Waals surface area contributed by atoms with E-state index in [-0.39, 0.29) is 18.0 Å². The minimum absolute atomic E-state index is 0.0466. The van der Waals surface area contributed by atoms with Crippen molar-refractivity contribution in [3.63, 3.8) is 0 Å². The Morgan fingerprint density at radius 2 is 1.94 bits per heavy atom. The van der Waals surface area contributed by atoms with Crippen molar-refractivity contribution in [3.8, 4) is 11.5 Å². The standard InChI is InChI=1S/C21H29N5O4S/c1-14(2)12-26-20(25-6-8-28-9-7-25)23-24-21(26)31-15(3)19(27)22-11-16-4-5-17-18(10-16)30-13-29-17/h4-5,10,14-15H,6-9,11-13H2,1-3H3,(H,22,27). The van der Waals surface area contributed by atoms with Crippen LogP contribution in [0.1, 0.15) is 26.3 Å². The summed E-state index contributed by atoms with van der Waals surface area (Å²) in [6.45, 7) is 10.7. The smallest absolute Gasteiger partial charge is 0.233 e. The summed E-state index contributed by atoms with van der Waals surface area (Å²) < 4.78 is 18.3. The van der Waals surface area contributed by atoms with Crippen molar-refractivity contribution in [3.05, 3.63) is 23.8 Å². The van der Waals surface area contributed by atoms with Crippen molar-refractivity contribution >= 4 is 23.6 Å². The van der Waals surface area contributed by atoms with Gasteiger partial charge in [-0.05, 0) is 30.5 Å². The Morgan fingerprint density at radius 1 is 1.16 bits per heavy atom. The normalized spacial score (nSPS) is 16.6. The lowest BCUT2D eigenvalue weighted by Crippen LogP contribution is -2.38. The molecule has 1 saturated heterocycles. The molecule has 9 nitrogen and oxygen atoms in total. The SMILES string of the molecule is CC(C)Cn1c(SC(C)C(=O)NCc2ccc3c(c2)OCO3)nnc1N1CCOCC1. The molecule has 3 heterocycles. The molecule has 0 spiro atoms. The number of nitrogens with one attached hydrogen (secondary N) is 1. The van der Waals surface area contributed by atoms with Crippen molar-refractivity contribution in [2.45, 2.75) is 44.3 Å². The van der Waals surface area contributed by atoms with Crippen LogP contribution in [0.2, 0.25) is 0 Å². The third-order valence-corrected chi connectivity index (χ3v) is 6.17. The molecule has 2 aliphatic rings. The highest BCUT2D eigenvalue weighted by atomic mass is 32.2. The topological polar surface area (TPSA) is 90.7 Å². The van der Waals surface area contributed by atoms with Gasteiger partial charge in [0.2, 0.25) is 18.6 Å². The lowest BCUT2D eigenvalue weighted by atomic mass is 10.2. The summed E-state index contributed by atoms with van der Waals surface area (Å²) >= 11 is 1.44. The van der Waals surface area contributed by atoms with Crippen molar-refractivity contribution in [1.29, 1.82) is 0 Å². The van der Waals surface area contributed by atoms with Crippen LogP contribution in [0.4, 0.5) is 5.95 Å². The van der Waals surface area contributed by atoms with E-state index in [1.165, 1.54) is 11.8 Å². The van der Waals surface area contributed by atoms with E-state index in [0.29, 0.717) is 31.4 Å². The van der Waals surface area contributed by atoms with Gasteiger partial charge in [-0.25, -0.2) is 0 Å². The van der Waals surface area contributed by atoms with Crippen LogP contribution in [0.25, 0.3) is 0 Å². The Bertz CT molecular complexity index is 913. The van der Waals surface area contributed by atoms with Gasteiger partial charge in [-0.1, -0.05) is 31.7 Å². The summed E-state index contributed by atoms with van der Waals surface area (Å²) in [4.78, 5) is 14.9. The number of carbonyl (C=O) groups excluding carboxylic acids is 1. The summed E-state index contributed by atoms with van der Waals surface area (Å²) in [6.07, 6.45) is 0. The van der Waals surface area contributed by atoms with Gasteiger partial charge in [0, 0.05) is 26.2 Å². The summed E-state index contributed by atoms with van der Waals surface area (Å²) in [5.74, 6) is 2.69. The van der Waals surface area contributed by atoms with E-state index in [2.05, 4.69) is 38.8 Å². The second kappa shape index (κ2) is 9.78. The lowest BCUT2D eigenvalue weighted by molar-refractivity contribution is -0.120. The molecule has 4 rings (SSSR count). The first-order valence-corrected chi connectivity index (χ1v) is 11.5. The Balaban J connectivity index is 1.39. The highest BCUT2D eigenvalue weighted by Crippen LogP contribution is 2.32. The monoisotopic (exact) mass is 447 g/mol. The number of ether oxygens (including phenoxy) is 3. The molecule has 31 heavy (non-hydrogen) atoms. The fourth-order valence-electron chi connectivity index (χ4n) is 3.49. The van der Waals surface area contributed by atoms with E-state index in [0.717, 1.165) is 42.1 Å². The van der Waals surface area contributed by atoms with Crippen LogP contribution in [0.3, 0.4) is 0 Å². The molecular formula is C21H29N5O4S. The van der Waals surface area contributed by atoms with E-state index in [1.54, 1.807) is 0 Å². The van der Waals surface area contributed by atoms with E-state index in [4.69, 9.17) is 14.2 Å². The van der Waals surface area contributed by atoms with Crippen LogP contribution in [0.5, 0.6) is 11.5 Å². The van der Waals surface area contributed by atoms with Crippen LogP contribution in [0.15, 0.2) is 23.4 Å². The maximum Gasteiger partial charge on any atom is 0.233 e. The van der Waals surface area contributed by atoms with Gasteiger partial charge in [0.15, 0.2) is 16.7 Å². The number of anilines is 1. The Kier molecular flexibility index (Phi) is 6.86. The third-order valence-electron chi connectivity index (χ3n) is 5.09. The van der Waals surface area contributed by atoms with E-state index in [9.17, 15) is 4.79 Å². The maximum atomic E-state index is 12.7. The number of benzene rings is 1. The fraction of sp³-hybridized carbons (Fsp3) is 0.571. The largest absolute Gasteiger partial charge is 0.454 e. The van der Waals surface area contributed by atoms with E-state index < -0.39 is 0 Å². The molecule has 0 radical (unpaired) electrons. The van der Waals surface area contributed by atoms with Gasteiger partial charge in [0.1, 0.15) is 0 Å². The van der Waals surface area contributed by atoms with Gasteiger partial charge < -0.3 is 24.4 Å². The number of fused-ring (bicyclic) bond motifs is 1. The van der Waals surface area contributed by atoms with Crippen LogP contribution in [-0.4, -0.2) is 59.0 Å². The number of morpholine rings is 1. The summed E-state index contributed by atoms with van der Waals surface area (Å²) in [5.41, 5.74) is 0.965. The second-order valence-electron chi connectivity index (χ2n) is 8.05. The molecule has 10 heteroatoms. The Labute approximate surface area is 186 Å². The number of hydrogen-bond donors (Lipinski definition) is 1. The lowest BCUT2D eigenvalue weighted by Gasteiger charge is -2.28. The Morgan fingerprint density at radius 3 is 2.71 bits per heavy atom. The van der Waals surface area contributed by atoms with Crippen LogP contribution >= 0.6 is 11.8 Å². The number of hydrogen-bond acceptors (Lipinski definition) is 8. The summed E-state index contributed by atoms with van der Waals surface area (Å²) in [7, 11) is 0. The second-order valence-corrected chi connectivity index (χ2v) is 9.36. The highest BCUT2D eigenvalue weighted by molar-refractivity contribution is 8.00.